The van der Waals surface area contributed by atoms with E-state index in [9.17, 15) is 9.59 Å². The van der Waals surface area contributed by atoms with Gasteiger partial charge in [-0.15, -0.1) is 0 Å². The Bertz CT molecular complexity index is 2070. The Balaban J connectivity index is 1.28. The Morgan fingerprint density at radius 3 is 2.64 bits per heavy atom. The molecule has 10 heteroatoms. The smallest absolute Gasteiger partial charge is 0.324 e. The molecule has 3 fully saturated rings. The number of pyridine rings is 1. The van der Waals surface area contributed by atoms with Gasteiger partial charge in [0.2, 0.25) is 0 Å². The number of ether oxygens (including phenoxy) is 1. The minimum Gasteiger partial charge on any atom is -0.464 e. The Hall–Kier alpha value is -4.25. The highest BCUT2D eigenvalue weighted by atomic mass is 16.5. The van der Waals surface area contributed by atoms with Crippen LogP contribution in [0, 0.1) is 5.41 Å². The average molecular weight is 746 g/mol. The summed E-state index contributed by atoms with van der Waals surface area (Å²) in [6.07, 6.45) is 8.39. The number of carbonyl (C=O) groups is 2. The van der Waals surface area contributed by atoms with Crippen LogP contribution in [0.2, 0.25) is 0 Å². The first kappa shape index (κ1) is 37.7. The Morgan fingerprint density at radius 1 is 0.982 bits per heavy atom. The van der Waals surface area contributed by atoms with Gasteiger partial charge in [0.1, 0.15) is 6.04 Å². The maximum absolute atomic E-state index is 13.6. The van der Waals surface area contributed by atoms with Gasteiger partial charge in [-0.05, 0) is 98.4 Å². The van der Waals surface area contributed by atoms with E-state index < -0.39 is 17.5 Å². The van der Waals surface area contributed by atoms with Crippen molar-refractivity contribution in [3.63, 3.8) is 0 Å². The number of hydrazine groups is 1. The maximum atomic E-state index is 13.6. The van der Waals surface area contributed by atoms with Crippen LogP contribution >= 0.6 is 0 Å². The highest BCUT2D eigenvalue weighted by Crippen LogP contribution is 2.43. The summed E-state index contributed by atoms with van der Waals surface area (Å²) in [5.41, 5.74) is 19.6. The minimum atomic E-state index is -0.739. The van der Waals surface area contributed by atoms with Crippen LogP contribution in [0.15, 0.2) is 54.7 Å². The van der Waals surface area contributed by atoms with Crippen LogP contribution in [0.3, 0.4) is 0 Å². The number of benzene rings is 2. The molecule has 4 aromatic rings. The number of aryl methyl sites for hydroxylation is 1. The van der Waals surface area contributed by atoms with Crippen molar-refractivity contribution in [2.24, 2.45) is 11.1 Å². The van der Waals surface area contributed by atoms with Gasteiger partial charge in [0.25, 0.3) is 5.91 Å². The van der Waals surface area contributed by atoms with E-state index >= 15 is 0 Å². The average Bonchev–Trinajstić information content (AvgIpc) is 3.50. The van der Waals surface area contributed by atoms with E-state index in [1.807, 2.05) is 6.07 Å². The number of anilines is 1. The van der Waals surface area contributed by atoms with E-state index in [1.165, 1.54) is 64.2 Å². The third-order valence-corrected chi connectivity index (χ3v) is 12.4. The molecule has 292 valence electrons. The van der Waals surface area contributed by atoms with Crippen molar-refractivity contribution in [1.82, 2.24) is 24.9 Å². The molecule has 2 aromatic carbocycles. The van der Waals surface area contributed by atoms with Gasteiger partial charge in [0.05, 0.1) is 35.9 Å². The molecular weight excluding hydrogens is 687 g/mol. The number of nitrogens with one attached hydrogen (secondary N) is 1. The first-order chi connectivity index (χ1) is 26.5. The lowest BCUT2D eigenvalue weighted by Crippen LogP contribution is -2.59. The molecule has 6 bridgehead atoms. The molecule has 55 heavy (non-hydrogen) atoms. The van der Waals surface area contributed by atoms with Crippen LogP contribution in [0.1, 0.15) is 89.5 Å². The number of hydrogen-bond donors (Lipinski definition) is 2. The van der Waals surface area contributed by atoms with E-state index in [-0.39, 0.29) is 24.4 Å². The van der Waals surface area contributed by atoms with Crippen LogP contribution in [0.25, 0.3) is 33.3 Å². The van der Waals surface area contributed by atoms with Gasteiger partial charge >= 0.3 is 5.97 Å². The number of nitrogens with two attached hydrogens (primary N) is 1. The molecule has 6 heterocycles. The summed E-state index contributed by atoms with van der Waals surface area (Å²) >= 11 is 0. The van der Waals surface area contributed by atoms with Gasteiger partial charge in [0.15, 0.2) is 0 Å². The lowest BCUT2D eigenvalue weighted by atomic mass is 9.83. The van der Waals surface area contributed by atoms with Crippen molar-refractivity contribution >= 4 is 28.5 Å². The fourth-order valence-corrected chi connectivity index (χ4v) is 9.53. The molecule has 1 amide bonds. The number of fused-ring (bicyclic) bond motifs is 7. The molecule has 3 saturated heterocycles. The highest BCUT2D eigenvalue weighted by molar-refractivity contribution is 5.95. The zero-order valence-corrected chi connectivity index (χ0v) is 33.4. The Labute approximate surface area is 326 Å². The first-order valence-corrected chi connectivity index (χ1v) is 20.7. The topological polar surface area (TPSA) is 109 Å². The molecule has 3 N–H and O–H groups in total. The minimum absolute atomic E-state index is 0.209. The number of nitrogens with zero attached hydrogens (tertiary/aromatic N) is 5. The second-order valence-electron chi connectivity index (χ2n) is 17.5. The zero-order valence-electron chi connectivity index (χ0n) is 33.4. The van der Waals surface area contributed by atoms with Crippen molar-refractivity contribution in [3.05, 3.63) is 71.5 Å². The van der Waals surface area contributed by atoms with Crippen LogP contribution in [0.4, 0.5) is 5.69 Å². The summed E-state index contributed by atoms with van der Waals surface area (Å²) in [4.78, 5) is 37.6. The van der Waals surface area contributed by atoms with Crippen LogP contribution in [0.5, 0.6) is 0 Å². The number of rotatable bonds is 4. The van der Waals surface area contributed by atoms with Gasteiger partial charge in [-0.1, -0.05) is 64.4 Å². The predicted octanol–water partition coefficient (Wildman–Crippen LogP) is 6.68. The van der Waals surface area contributed by atoms with E-state index in [0.29, 0.717) is 38.3 Å². The number of amides is 1. The summed E-state index contributed by atoms with van der Waals surface area (Å²) < 4.78 is 8.60. The SMILES string of the molecule is CCn1c(-c2cc(N3CCN4CCCC[C@@H]4C3)cnc2C(C)C)c2c3cc(ccc31)-c1cccc(c1)C[C@H](N)C(=O)N1CCC[C@H](N1)C(=O)OCC(C)(C)C2. The molecule has 8 rings (SSSR count). The molecular formula is C45H59N7O3. The second kappa shape index (κ2) is 15.4. The van der Waals surface area contributed by atoms with Crippen molar-refractivity contribution in [2.45, 2.75) is 110 Å². The Morgan fingerprint density at radius 2 is 1.82 bits per heavy atom. The van der Waals surface area contributed by atoms with Crippen LogP contribution in [-0.2, 0) is 33.7 Å². The van der Waals surface area contributed by atoms with Crippen LogP contribution in [-0.4, -0.2) is 88.8 Å². The van der Waals surface area contributed by atoms with Gasteiger partial charge < -0.3 is 19.9 Å². The molecule has 0 radical (unpaired) electrons. The number of piperidine rings is 1. The van der Waals surface area contributed by atoms with E-state index in [2.05, 4.69) is 103 Å². The molecule has 3 atom stereocenters. The highest BCUT2D eigenvalue weighted by Gasteiger charge is 2.35. The van der Waals surface area contributed by atoms with Gasteiger partial charge in [-0.3, -0.25) is 24.5 Å². The van der Waals surface area contributed by atoms with Gasteiger partial charge in [-0.25, -0.2) is 5.43 Å². The number of piperazine rings is 1. The number of hydrogen-bond acceptors (Lipinski definition) is 8. The first-order valence-electron chi connectivity index (χ1n) is 20.7. The van der Waals surface area contributed by atoms with Crippen LogP contribution < -0.4 is 16.1 Å². The number of esters is 1. The quantitative estimate of drug-likeness (QED) is 0.223. The third-order valence-electron chi connectivity index (χ3n) is 12.4. The van der Waals surface area contributed by atoms with Crippen molar-refractivity contribution in [2.75, 3.05) is 44.2 Å². The molecule has 0 aliphatic carbocycles. The lowest BCUT2D eigenvalue weighted by Gasteiger charge is -2.45. The predicted molar refractivity (Wildman–Crippen MR) is 220 cm³/mol. The zero-order chi connectivity index (χ0) is 38.4. The summed E-state index contributed by atoms with van der Waals surface area (Å²) in [7, 11) is 0. The third kappa shape index (κ3) is 7.53. The molecule has 4 aliphatic rings. The number of carbonyl (C=O) groups excluding carboxylic acids is 2. The molecule has 2 aromatic heterocycles. The molecule has 4 aliphatic heterocycles. The van der Waals surface area contributed by atoms with Gasteiger partial charge in [-0.2, -0.15) is 0 Å². The maximum Gasteiger partial charge on any atom is 0.324 e. The molecule has 0 unspecified atom stereocenters. The molecule has 0 spiro atoms. The normalized spacial score (nSPS) is 23.8. The van der Waals surface area contributed by atoms with E-state index in [0.717, 1.165) is 48.6 Å². The van der Waals surface area contributed by atoms with E-state index in [1.54, 1.807) is 0 Å². The summed E-state index contributed by atoms with van der Waals surface area (Å²) in [5.74, 6) is -0.315. The summed E-state index contributed by atoms with van der Waals surface area (Å²) in [6.45, 7) is 17.0. The van der Waals surface area contributed by atoms with Crippen molar-refractivity contribution < 1.29 is 14.3 Å². The van der Waals surface area contributed by atoms with Gasteiger partial charge in [0, 0.05) is 60.6 Å². The molecule has 10 nitrogen and oxygen atoms in total. The standard InChI is InChI=1S/C45H59N7O3/c1-6-51-40-16-15-32-23-35(40)37(42(51)36-24-34(26-47-41(36)29(2)3)50-20-19-49-17-8-7-13-33(49)27-50)25-45(4,5)28-55-44(54)39-14-10-18-52(48-39)43(53)38(46)22-30-11-9-12-31(32)21-30/h9,11-12,15-16,21,23-24,26,29,33,38-39,48H,6-8,10,13-14,17-20,22,25,27-28,46H2,1-5H3/t33-,38+,39+/m1/s1. The van der Waals surface area contributed by atoms with Crippen molar-refractivity contribution in [3.8, 4) is 22.4 Å². The lowest BCUT2D eigenvalue weighted by molar-refractivity contribution is -0.154. The fraction of sp³-hybridized carbons (Fsp3) is 0.533. The summed E-state index contributed by atoms with van der Waals surface area (Å²) in [5, 5.41) is 2.73. The second-order valence-corrected chi connectivity index (χ2v) is 17.5. The fourth-order valence-electron chi connectivity index (χ4n) is 9.53. The number of aromatic nitrogens is 2. The van der Waals surface area contributed by atoms with Crippen molar-refractivity contribution in [1.29, 1.82) is 0 Å². The monoisotopic (exact) mass is 745 g/mol. The number of cyclic esters (lactones) is 1. The Kier molecular flexibility index (Phi) is 10.5. The molecule has 0 saturated carbocycles. The summed E-state index contributed by atoms with van der Waals surface area (Å²) in [6, 6.07) is 16.9. The van der Waals surface area contributed by atoms with E-state index in [4.69, 9.17) is 15.5 Å². The largest absolute Gasteiger partial charge is 0.464 e.